The van der Waals surface area contributed by atoms with Gasteiger partial charge in [-0.25, -0.2) is 0 Å². The van der Waals surface area contributed by atoms with Crippen molar-refractivity contribution in [1.82, 2.24) is 8.80 Å². The van der Waals surface area contributed by atoms with Crippen LogP contribution in [0.15, 0.2) is 231 Å². The van der Waals surface area contributed by atoms with Crippen LogP contribution in [0.3, 0.4) is 0 Å². The molecule has 4 heterocycles. The van der Waals surface area contributed by atoms with Crippen molar-refractivity contribution in [3.63, 3.8) is 0 Å². The Labute approximate surface area is 516 Å². The maximum atomic E-state index is 2.61. The van der Waals surface area contributed by atoms with E-state index in [9.17, 15) is 0 Å². The summed E-state index contributed by atoms with van der Waals surface area (Å²) in [4.78, 5) is 5.20. The molecule has 0 spiro atoms. The second-order valence-corrected chi connectivity index (χ2v) is 26.4. The second kappa shape index (κ2) is 21.2. The molecule has 15 aromatic rings. The first-order valence-electron chi connectivity index (χ1n) is 32.9. The fraction of sp³-hybridized carbons (Fsp3) is 0.214. The average Bonchev–Trinajstić information content (AvgIpc) is 1.54. The molecule has 0 aliphatic heterocycles. The zero-order chi connectivity index (χ0) is 58.7. The van der Waals surface area contributed by atoms with Crippen LogP contribution >= 0.6 is 0 Å². The highest BCUT2D eigenvalue weighted by molar-refractivity contribution is 6.32. The zero-order valence-corrected chi connectivity index (χ0v) is 51.1. The second-order valence-electron chi connectivity index (χ2n) is 26.4. The van der Waals surface area contributed by atoms with E-state index in [1.165, 1.54) is 219 Å². The molecule has 2 aliphatic rings. The monoisotopic (exact) mass is 1140 g/mol. The Morgan fingerprint density at radius 1 is 0.318 bits per heavy atom. The van der Waals surface area contributed by atoms with E-state index < -0.39 is 0 Å². The largest absolute Gasteiger partial charge is 0.309 e. The average molecular weight is 1140 g/mol. The molecule has 0 radical (unpaired) electrons. The lowest BCUT2D eigenvalue weighted by Crippen LogP contribution is -2.13. The lowest BCUT2D eigenvalue weighted by atomic mass is 9.84. The Hall–Kier alpha value is -9.38. The van der Waals surface area contributed by atoms with Crippen molar-refractivity contribution >= 4 is 110 Å². The summed E-state index contributed by atoms with van der Waals surface area (Å²) in [5, 5.41) is 10.1. The smallest absolute Gasteiger partial charge is 0.0641 e. The highest BCUT2D eigenvalue weighted by Gasteiger charge is 2.31. The topological polar surface area (TPSA) is 15.3 Å². The third-order valence-electron chi connectivity index (χ3n) is 20.7. The van der Waals surface area contributed by atoms with Crippen molar-refractivity contribution in [1.29, 1.82) is 0 Å². The molecule has 0 N–H and O–H groups in total. The molecule has 0 amide bonds. The standard InChI is InChI=1S/C84H74N4/c1-53(2)61-37-43-65(59-25-13-7-14-26-59)77(49-61)85(63-39-33-57(34-40-63)55-21-9-5-10-22-55)75-47-45-67-71-51-80-72(52-79(71)87-73-31-19-17-29-69(73)81(75)83(67)87)68-46-48-76(82-70-30-18-20-32-74(70)88(80)84(68)82)86(64-41-35-58(36-42-64)56-23-11-6-12-24-56)78-50-62(54(3)4)38-44-66(78)60-27-15-8-16-28-60/h7-8,13-20,25-56H,5-6,9-12,21-24H2,1-4H3. The van der Waals surface area contributed by atoms with E-state index in [1.807, 2.05) is 0 Å². The van der Waals surface area contributed by atoms with Crippen LogP contribution in [0.1, 0.15) is 138 Å². The number of hydrogen-bond acceptors (Lipinski definition) is 2. The molecule has 4 aromatic heterocycles. The highest BCUT2D eigenvalue weighted by atomic mass is 15.2. The zero-order valence-electron chi connectivity index (χ0n) is 51.1. The highest BCUT2D eigenvalue weighted by Crippen LogP contribution is 2.54. The summed E-state index contributed by atoms with van der Waals surface area (Å²) in [5.41, 5.74) is 25.0. The molecule has 11 aromatic carbocycles. The van der Waals surface area contributed by atoms with Gasteiger partial charge >= 0.3 is 0 Å². The molecule has 2 aliphatic carbocycles. The van der Waals surface area contributed by atoms with E-state index >= 15 is 0 Å². The summed E-state index contributed by atoms with van der Waals surface area (Å²) in [6.45, 7) is 9.28. The van der Waals surface area contributed by atoms with Gasteiger partial charge in [-0.05, 0) is 156 Å². The summed E-state index contributed by atoms with van der Waals surface area (Å²) in [5.74, 6) is 1.95. The van der Waals surface area contributed by atoms with E-state index in [2.05, 4.69) is 277 Å². The first-order valence-corrected chi connectivity index (χ1v) is 32.9. The van der Waals surface area contributed by atoms with Crippen molar-refractivity contribution in [2.45, 2.75) is 116 Å². The molecule has 4 nitrogen and oxygen atoms in total. The van der Waals surface area contributed by atoms with Crippen LogP contribution in [-0.2, 0) is 0 Å². The van der Waals surface area contributed by atoms with Crippen molar-refractivity contribution in [2.75, 3.05) is 9.80 Å². The molecule has 0 bridgehead atoms. The van der Waals surface area contributed by atoms with Crippen molar-refractivity contribution < 1.29 is 0 Å². The Morgan fingerprint density at radius 3 is 1.10 bits per heavy atom. The van der Waals surface area contributed by atoms with E-state index in [4.69, 9.17) is 0 Å². The molecule has 4 heteroatoms. The fourth-order valence-corrected chi connectivity index (χ4v) is 16.2. The van der Waals surface area contributed by atoms with Crippen LogP contribution in [0, 0.1) is 0 Å². The molecule has 0 unspecified atom stereocenters. The predicted molar refractivity (Wildman–Crippen MR) is 376 cm³/mol. The van der Waals surface area contributed by atoms with Gasteiger partial charge in [0, 0.05) is 65.6 Å². The minimum atomic E-state index is 0.355. The Morgan fingerprint density at radius 2 is 0.705 bits per heavy atom. The van der Waals surface area contributed by atoms with Gasteiger partial charge in [-0.3, -0.25) is 0 Å². The summed E-state index contributed by atoms with van der Waals surface area (Å²) >= 11 is 0. The molecule has 0 atom stereocenters. The molecule has 430 valence electrons. The predicted octanol–water partition coefficient (Wildman–Crippen LogP) is 24.6. The van der Waals surface area contributed by atoms with Gasteiger partial charge in [0.2, 0.25) is 0 Å². The summed E-state index contributed by atoms with van der Waals surface area (Å²) in [6, 6.07) is 89.1. The third-order valence-corrected chi connectivity index (χ3v) is 20.7. The molecule has 2 saturated carbocycles. The van der Waals surface area contributed by atoms with Crippen LogP contribution in [-0.4, -0.2) is 8.80 Å². The number of aromatic nitrogens is 2. The van der Waals surface area contributed by atoms with Crippen molar-refractivity contribution in [3.05, 3.63) is 253 Å². The van der Waals surface area contributed by atoms with Crippen LogP contribution in [0.25, 0.3) is 98.4 Å². The number of rotatable bonds is 12. The summed E-state index contributed by atoms with van der Waals surface area (Å²) < 4.78 is 5.21. The Kier molecular flexibility index (Phi) is 12.7. The van der Waals surface area contributed by atoms with Crippen LogP contribution in [0.4, 0.5) is 34.1 Å². The number of fused-ring (bicyclic) bond motifs is 12. The van der Waals surface area contributed by atoms with Gasteiger partial charge in [0.05, 0.1) is 55.8 Å². The number of anilines is 6. The van der Waals surface area contributed by atoms with Crippen LogP contribution < -0.4 is 9.80 Å². The number of benzene rings is 11. The summed E-state index contributed by atoms with van der Waals surface area (Å²) in [6.07, 6.45) is 13.1. The van der Waals surface area contributed by atoms with Crippen LogP contribution in [0.2, 0.25) is 0 Å². The maximum Gasteiger partial charge on any atom is 0.0641 e. The van der Waals surface area contributed by atoms with E-state index in [1.54, 1.807) is 0 Å². The van der Waals surface area contributed by atoms with Gasteiger partial charge in [-0.2, -0.15) is 0 Å². The van der Waals surface area contributed by atoms with Crippen LogP contribution in [0.5, 0.6) is 0 Å². The molecular formula is C84H74N4. The van der Waals surface area contributed by atoms with Gasteiger partial charge < -0.3 is 18.6 Å². The third kappa shape index (κ3) is 8.38. The Balaban J connectivity index is 0.910. The molecule has 88 heavy (non-hydrogen) atoms. The Bertz CT molecular complexity index is 4770. The minimum Gasteiger partial charge on any atom is -0.309 e. The maximum absolute atomic E-state index is 2.61. The lowest BCUT2D eigenvalue weighted by Gasteiger charge is -2.30. The molecule has 2 fully saturated rings. The minimum absolute atomic E-state index is 0.355. The molecule has 17 rings (SSSR count). The first kappa shape index (κ1) is 52.9. The lowest BCUT2D eigenvalue weighted by molar-refractivity contribution is 0.443. The summed E-state index contributed by atoms with van der Waals surface area (Å²) in [7, 11) is 0. The SMILES string of the molecule is CC(C)c1ccc(-c2ccccc2)c(N(c2ccc(C3CCCCC3)cc2)c2ccc3c4cc5c(cc4n4c6ccccc6c2c34)c2ccc(N(c3ccc(C4CCCCC4)cc3)c3cc(C(C)C)ccc3-c3ccccc3)c3c4ccccc4n5c23)c1. The quantitative estimate of drug-likeness (QED) is 0.121. The van der Waals surface area contributed by atoms with E-state index in [0.717, 1.165) is 0 Å². The van der Waals surface area contributed by atoms with Gasteiger partial charge in [0.25, 0.3) is 0 Å². The van der Waals surface area contributed by atoms with Crippen molar-refractivity contribution in [3.8, 4) is 22.3 Å². The van der Waals surface area contributed by atoms with E-state index in [0.29, 0.717) is 23.7 Å². The molecule has 0 saturated heterocycles. The van der Waals surface area contributed by atoms with Gasteiger partial charge in [-0.15, -0.1) is 0 Å². The van der Waals surface area contributed by atoms with Crippen molar-refractivity contribution in [2.24, 2.45) is 0 Å². The normalized spacial score (nSPS) is 14.7. The number of hydrogen-bond donors (Lipinski definition) is 0. The van der Waals surface area contributed by atoms with E-state index in [-0.39, 0.29) is 0 Å². The number of nitrogens with zero attached hydrogens (tertiary/aromatic N) is 4. The van der Waals surface area contributed by atoms with Gasteiger partial charge in [-0.1, -0.05) is 224 Å². The molecular weight excluding hydrogens is 1060 g/mol. The van der Waals surface area contributed by atoms with Gasteiger partial charge in [0.1, 0.15) is 0 Å². The fourth-order valence-electron chi connectivity index (χ4n) is 16.2. The first-order chi connectivity index (χ1) is 43.3. The van der Waals surface area contributed by atoms with Gasteiger partial charge in [0.15, 0.2) is 0 Å². The number of para-hydroxylation sites is 2.